The summed E-state index contributed by atoms with van der Waals surface area (Å²) < 4.78 is 22.3. The number of rotatable bonds is 14. The second-order valence-electron chi connectivity index (χ2n) is 18.2. The van der Waals surface area contributed by atoms with Crippen LogP contribution in [0.5, 0.6) is 0 Å². The summed E-state index contributed by atoms with van der Waals surface area (Å²) in [7, 11) is 0. The number of aromatic nitrogens is 2. The maximum Gasteiger partial charge on any atom is 0.339 e. The molecule has 0 bridgehead atoms. The molecule has 8 heteroatoms. The summed E-state index contributed by atoms with van der Waals surface area (Å²) in [5.41, 5.74) is 18.1. The molecular weight excluding hydrogens is 985 g/mol. The van der Waals surface area contributed by atoms with Gasteiger partial charge in [0.25, 0.3) is 0 Å². The second kappa shape index (κ2) is 31.4. The van der Waals surface area contributed by atoms with Crippen molar-refractivity contribution in [1.29, 1.82) is 10.5 Å². The maximum absolute atomic E-state index is 13.2. The standard InChI is InChI=1S/C33H30N2O3.C31H26N2O.4C2H6/c1-2-38-33(36)29(19-20-34)31-28-16-8-9-18-30(28)35(21-22-37-23-24-11-4-3-5-12-24)32(31)27-17-10-14-25-13-6-7-15-26(25)27;1-21-27(19-32)25-16-15-23-11-5-6-12-24(23)30(25)31-29(21)26-13-7-8-14-28(26)33(31)17-18-34-20-22-9-3-2-4-10-22;4*1-2/h3-9,11-13,15-19H,2,10,14,21-23H2,1H3;2-14H,15-18,20H2,1H3;4*1-2H3/b29-19-;;;;;. The average Bonchev–Trinajstić information content (AvgIpc) is 4.23. The largest absolute Gasteiger partial charge is 0.462 e. The van der Waals surface area contributed by atoms with E-state index >= 15 is 0 Å². The van der Waals surface area contributed by atoms with Crippen LogP contribution in [0.1, 0.15) is 124 Å². The topological polar surface area (TPSA) is 102 Å². The summed E-state index contributed by atoms with van der Waals surface area (Å²) in [4.78, 5) is 13.2. The van der Waals surface area contributed by atoms with Gasteiger partial charge in [-0.05, 0) is 96.2 Å². The van der Waals surface area contributed by atoms with Crippen LogP contribution in [-0.4, -0.2) is 34.9 Å². The number of benzene rings is 7. The first-order chi connectivity index (χ1) is 39.5. The lowest BCUT2D eigenvalue weighted by Crippen LogP contribution is -2.14. The van der Waals surface area contributed by atoms with Crippen LogP contribution < -0.4 is 0 Å². The van der Waals surface area contributed by atoms with Gasteiger partial charge in [-0.3, -0.25) is 0 Å². The van der Waals surface area contributed by atoms with Gasteiger partial charge < -0.3 is 23.3 Å². The number of para-hydroxylation sites is 2. The van der Waals surface area contributed by atoms with E-state index < -0.39 is 5.97 Å². The van der Waals surface area contributed by atoms with E-state index in [0.29, 0.717) is 33.0 Å². The Kier molecular flexibility index (Phi) is 23.9. The highest BCUT2D eigenvalue weighted by Gasteiger charge is 2.30. The van der Waals surface area contributed by atoms with Crippen molar-refractivity contribution in [3.05, 3.63) is 226 Å². The van der Waals surface area contributed by atoms with Crippen LogP contribution in [0.25, 0.3) is 55.0 Å². The maximum atomic E-state index is 13.2. The summed E-state index contributed by atoms with van der Waals surface area (Å²) in [6.07, 6.45) is 7.30. The van der Waals surface area contributed by atoms with Crippen LogP contribution in [-0.2, 0) is 64.6 Å². The van der Waals surface area contributed by atoms with E-state index in [1.807, 2.05) is 116 Å². The minimum Gasteiger partial charge on any atom is -0.462 e. The lowest BCUT2D eigenvalue weighted by Gasteiger charge is -2.24. The lowest BCUT2D eigenvalue weighted by atomic mass is 9.80. The van der Waals surface area contributed by atoms with Crippen molar-refractivity contribution in [2.75, 3.05) is 19.8 Å². The number of ether oxygens (including phenoxy) is 3. The summed E-state index contributed by atoms with van der Waals surface area (Å²) in [6, 6.07) is 58.8. The van der Waals surface area contributed by atoms with Gasteiger partial charge in [0.1, 0.15) is 0 Å². The predicted octanol–water partition coefficient (Wildman–Crippen LogP) is 17.8. The number of carbonyl (C=O) groups is 1. The zero-order chi connectivity index (χ0) is 57.4. The van der Waals surface area contributed by atoms with E-state index in [9.17, 15) is 15.3 Å². The molecule has 0 saturated carbocycles. The first kappa shape index (κ1) is 61.0. The first-order valence-electron chi connectivity index (χ1n) is 29.0. The summed E-state index contributed by atoms with van der Waals surface area (Å²) in [5, 5.41) is 23.1. The Bertz CT molecular complexity index is 3610. The van der Waals surface area contributed by atoms with Crippen molar-refractivity contribution in [1.82, 2.24) is 9.13 Å². The fourth-order valence-corrected chi connectivity index (χ4v) is 10.9. The number of allylic oxidation sites excluding steroid dienone is 2. The van der Waals surface area contributed by atoms with E-state index in [0.717, 1.165) is 82.2 Å². The van der Waals surface area contributed by atoms with Crippen LogP contribution in [0.3, 0.4) is 0 Å². The molecule has 412 valence electrons. The number of aryl methyl sites for hydroxylation is 3. The smallest absolute Gasteiger partial charge is 0.339 e. The third kappa shape index (κ3) is 13.4. The molecule has 11 rings (SSSR count). The van der Waals surface area contributed by atoms with Crippen molar-refractivity contribution in [3.63, 3.8) is 0 Å². The molecule has 0 atom stereocenters. The Hall–Kier alpha value is -8.27. The predicted molar refractivity (Wildman–Crippen MR) is 333 cm³/mol. The molecule has 2 aliphatic rings. The molecule has 0 amide bonds. The number of hydrogen-bond acceptors (Lipinski definition) is 6. The van der Waals surface area contributed by atoms with E-state index in [-0.39, 0.29) is 12.2 Å². The van der Waals surface area contributed by atoms with Gasteiger partial charge in [-0.1, -0.05) is 207 Å². The molecule has 0 radical (unpaired) electrons. The number of nitrogens with zero attached hydrogens (tertiary/aromatic N) is 4. The molecule has 9 aromatic rings. The molecule has 0 N–H and O–H groups in total. The number of carbonyl (C=O) groups excluding carboxylic acids is 1. The highest BCUT2D eigenvalue weighted by Crippen LogP contribution is 2.46. The van der Waals surface area contributed by atoms with E-state index in [1.165, 1.54) is 61.3 Å². The molecule has 80 heavy (non-hydrogen) atoms. The molecule has 0 spiro atoms. The summed E-state index contributed by atoms with van der Waals surface area (Å²) >= 11 is 0. The quantitative estimate of drug-likeness (QED) is 0.0465. The molecule has 0 saturated heterocycles. The third-order valence-electron chi connectivity index (χ3n) is 14.0. The summed E-state index contributed by atoms with van der Waals surface area (Å²) in [6.45, 7) is 23.7. The van der Waals surface area contributed by atoms with Gasteiger partial charge in [0.05, 0.1) is 67.5 Å². The fourth-order valence-electron chi connectivity index (χ4n) is 10.9. The minimum absolute atomic E-state index is 0.231. The molecule has 0 unspecified atom stereocenters. The molecule has 2 heterocycles. The van der Waals surface area contributed by atoms with Gasteiger partial charge in [-0.25, -0.2) is 4.79 Å². The van der Waals surface area contributed by atoms with Crippen LogP contribution in [0, 0.1) is 29.6 Å². The van der Waals surface area contributed by atoms with Crippen molar-refractivity contribution in [2.24, 2.45) is 0 Å². The third-order valence-corrected chi connectivity index (χ3v) is 14.0. The Balaban J connectivity index is 0.000000231. The Morgan fingerprint density at radius 2 is 1.11 bits per heavy atom. The van der Waals surface area contributed by atoms with Crippen LogP contribution >= 0.6 is 0 Å². The second-order valence-corrected chi connectivity index (χ2v) is 18.2. The lowest BCUT2D eigenvalue weighted by molar-refractivity contribution is -0.136. The zero-order valence-corrected chi connectivity index (χ0v) is 48.9. The minimum atomic E-state index is -0.497. The zero-order valence-electron chi connectivity index (χ0n) is 48.9. The Labute approximate surface area is 476 Å². The van der Waals surface area contributed by atoms with E-state index in [1.54, 1.807) is 6.92 Å². The normalized spacial score (nSPS) is 11.8. The number of hydrogen-bond donors (Lipinski definition) is 0. The van der Waals surface area contributed by atoms with Crippen molar-refractivity contribution in [3.8, 4) is 23.3 Å². The van der Waals surface area contributed by atoms with Gasteiger partial charge in [0.15, 0.2) is 0 Å². The average molecular weight is 1070 g/mol. The highest BCUT2D eigenvalue weighted by atomic mass is 16.5. The molecule has 8 nitrogen and oxygen atoms in total. The number of fused-ring (bicyclic) bond motifs is 9. The molecule has 0 fully saturated rings. The van der Waals surface area contributed by atoms with Gasteiger partial charge in [0, 0.05) is 63.1 Å². The van der Waals surface area contributed by atoms with Crippen molar-refractivity contribution >= 4 is 49.8 Å². The van der Waals surface area contributed by atoms with Crippen LogP contribution in [0.2, 0.25) is 0 Å². The van der Waals surface area contributed by atoms with Gasteiger partial charge >= 0.3 is 5.97 Å². The molecule has 7 aromatic carbocycles. The SMILES string of the molecule is CC.CC.CC.CC.CCOC(=O)/C(=C\C#N)c1c(C2=CCCc3ccccc32)n(CCOCc2ccccc2)c2ccccc12.Cc1c(C#N)c2c(c3c1c1ccccc1n3CCOCc1ccccc1)-c1ccccc1CC2. The van der Waals surface area contributed by atoms with E-state index in [2.05, 4.69) is 131 Å². The molecule has 0 aliphatic heterocycles. The van der Waals surface area contributed by atoms with Gasteiger partial charge in [-0.2, -0.15) is 10.5 Å². The van der Waals surface area contributed by atoms with Crippen LogP contribution in [0.15, 0.2) is 170 Å². The van der Waals surface area contributed by atoms with Gasteiger partial charge in [0.2, 0.25) is 0 Å². The molecular formula is C72H80N4O4. The van der Waals surface area contributed by atoms with Crippen molar-refractivity contribution < 1.29 is 19.0 Å². The Morgan fingerprint density at radius 3 is 1.70 bits per heavy atom. The molecule has 2 aliphatic carbocycles. The monoisotopic (exact) mass is 1060 g/mol. The molecule has 2 aromatic heterocycles. The summed E-state index contributed by atoms with van der Waals surface area (Å²) in [5.74, 6) is -0.497. The fraction of sp³-hybridized carbons (Fsp3) is 0.292. The number of nitriles is 2. The Morgan fingerprint density at radius 1 is 0.600 bits per heavy atom. The van der Waals surface area contributed by atoms with E-state index in [4.69, 9.17) is 14.2 Å². The van der Waals surface area contributed by atoms with Crippen LogP contribution in [0.4, 0.5) is 0 Å². The van der Waals surface area contributed by atoms with Crippen molar-refractivity contribution in [2.45, 2.75) is 121 Å². The number of esters is 1. The first-order valence-corrected chi connectivity index (χ1v) is 29.0. The highest BCUT2D eigenvalue weighted by molar-refractivity contribution is 6.23. The van der Waals surface area contributed by atoms with Gasteiger partial charge in [-0.15, -0.1) is 0 Å².